The van der Waals surface area contributed by atoms with Gasteiger partial charge in [-0.15, -0.1) is 0 Å². The summed E-state index contributed by atoms with van der Waals surface area (Å²) in [5.74, 6) is 0.665. The monoisotopic (exact) mass is 254 g/mol. The molecule has 5 nitrogen and oxygen atoms in total. The van der Waals surface area contributed by atoms with Crippen molar-refractivity contribution in [1.29, 1.82) is 0 Å². The van der Waals surface area contributed by atoms with Gasteiger partial charge in [0.05, 0.1) is 18.7 Å². The van der Waals surface area contributed by atoms with E-state index in [0.717, 1.165) is 28.2 Å². The van der Waals surface area contributed by atoms with E-state index in [0.29, 0.717) is 18.8 Å². The molecule has 0 aliphatic carbocycles. The van der Waals surface area contributed by atoms with Crippen LogP contribution in [0.4, 0.5) is 5.69 Å². The fraction of sp³-hybridized carbons (Fsp3) is 0.214. The maximum absolute atomic E-state index is 11.3. The first kappa shape index (κ1) is 11.8. The summed E-state index contributed by atoms with van der Waals surface area (Å²) in [7, 11) is 0. The highest BCUT2D eigenvalue weighted by atomic mass is 16.1. The van der Waals surface area contributed by atoms with E-state index >= 15 is 0 Å². The number of fused-ring (bicyclic) bond motifs is 1. The Morgan fingerprint density at radius 1 is 1.32 bits per heavy atom. The number of amides is 1. The molecule has 0 saturated carbocycles. The summed E-state index contributed by atoms with van der Waals surface area (Å²) in [5.41, 5.74) is 10.2. The van der Waals surface area contributed by atoms with Gasteiger partial charge in [-0.2, -0.15) is 0 Å². The molecule has 2 aromatic rings. The third-order valence-corrected chi connectivity index (χ3v) is 3.11. The zero-order chi connectivity index (χ0) is 13.4. The van der Waals surface area contributed by atoms with Gasteiger partial charge >= 0.3 is 0 Å². The second-order valence-corrected chi connectivity index (χ2v) is 4.61. The van der Waals surface area contributed by atoms with Gasteiger partial charge in [0.1, 0.15) is 5.82 Å². The van der Waals surface area contributed by atoms with Crippen molar-refractivity contribution >= 4 is 11.6 Å². The standard InChI is InChI=1S/C14H14N4O/c1-8-4-12(17-13(7-15)16-8)9-2-3-11-10(5-9)6-14(19)18-11/h2-5H,6-7,15H2,1H3,(H,18,19). The van der Waals surface area contributed by atoms with E-state index in [4.69, 9.17) is 5.73 Å². The lowest BCUT2D eigenvalue weighted by molar-refractivity contribution is -0.115. The van der Waals surface area contributed by atoms with Crippen LogP contribution >= 0.6 is 0 Å². The lowest BCUT2D eigenvalue weighted by Gasteiger charge is -2.06. The number of carbonyl (C=O) groups excluding carboxylic acids is 1. The van der Waals surface area contributed by atoms with E-state index in [1.165, 1.54) is 0 Å². The van der Waals surface area contributed by atoms with Crippen LogP contribution in [0.3, 0.4) is 0 Å². The number of hydrogen-bond donors (Lipinski definition) is 2. The molecule has 1 aromatic heterocycles. The highest BCUT2D eigenvalue weighted by molar-refractivity contribution is 5.99. The summed E-state index contributed by atoms with van der Waals surface area (Å²) in [6.45, 7) is 2.24. The minimum absolute atomic E-state index is 0.0358. The smallest absolute Gasteiger partial charge is 0.228 e. The summed E-state index contributed by atoms with van der Waals surface area (Å²) < 4.78 is 0. The molecule has 5 heteroatoms. The van der Waals surface area contributed by atoms with E-state index in [1.54, 1.807) is 0 Å². The van der Waals surface area contributed by atoms with Crippen LogP contribution in [0.15, 0.2) is 24.3 Å². The van der Waals surface area contributed by atoms with Crippen LogP contribution in [0.5, 0.6) is 0 Å². The van der Waals surface area contributed by atoms with Crippen LogP contribution < -0.4 is 11.1 Å². The molecular weight excluding hydrogens is 240 g/mol. The summed E-state index contributed by atoms with van der Waals surface area (Å²) in [5, 5.41) is 2.82. The summed E-state index contributed by atoms with van der Waals surface area (Å²) >= 11 is 0. The fourth-order valence-corrected chi connectivity index (χ4v) is 2.26. The number of nitrogens with zero attached hydrogens (tertiary/aromatic N) is 2. The van der Waals surface area contributed by atoms with E-state index in [-0.39, 0.29) is 5.91 Å². The van der Waals surface area contributed by atoms with Gasteiger partial charge < -0.3 is 11.1 Å². The van der Waals surface area contributed by atoms with Crippen LogP contribution in [0.2, 0.25) is 0 Å². The molecule has 0 atom stereocenters. The molecule has 0 spiro atoms. The molecule has 2 heterocycles. The van der Waals surface area contributed by atoms with Gasteiger partial charge in [0, 0.05) is 16.9 Å². The van der Waals surface area contributed by atoms with Gasteiger partial charge in [0.15, 0.2) is 0 Å². The van der Waals surface area contributed by atoms with Gasteiger partial charge in [0.25, 0.3) is 0 Å². The number of hydrogen-bond acceptors (Lipinski definition) is 4. The van der Waals surface area contributed by atoms with Crippen molar-refractivity contribution < 1.29 is 4.79 Å². The van der Waals surface area contributed by atoms with Crippen molar-refractivity contribution in [2.24, 2.45) is 5.73 Å². The Morgan fingerprint density at radius 3 is 2.95 bits per heavy atom. The molecule has 3 N–H and O–H groups in total. The Morgan fingerprint density at radius 2 is 2.16 bits per heavy atom. The second kappa shape index (κ2) is 4.44. The van der Waals surface area contributed by atoms with E-state index in [9.17, 15) is 4.79 Å². The molecular formula is C14H14N4O. The quantitative estimate of drug-likeness (QED) is 0.849. The van der Waals surface area contributed by atoms with Crippen molar-refractivity contribution in [3.8, 4) is 11.3 Å². The van der Waals surface area contributed by atoms with Crippen LogP contribution in [-0.2, 0) is 17.8 Å². The topological polar surface area (TPSA) is 80.9 Å². The summed E-state index contributed by atoms with van der Waals surface area (Å²) in [4.78, 5) is 20.0. The van der Waals surface area contributed by atoms with Gasteiger partial charge in [-0.3, -0.25) is 4.79 Å². The SMILES string of the molecule is Cc1cc(-c2ccc3c(c2)CC(=O)N3)nc(CN)n1. The molecule has 1 aromatic carbocycles. The molecule has 96 valence electrons. The van der Waals surface area contributed by atoms with Crippen molar-refractivity contribution in [1.82, 2.24) is 9.97 Å². The minimum atomic E-state index is 0.0358. The lowest BCUT2D eigenvalue weighted by Crippen LogP contribution is -2.05. The number of nitrogens with two attached hydrogens (primary N) is 1. The van der Waals surface area contributed by atoms with Gasteiger partial charge in [-0.25, -0.2) is 9.97 Å². The van der Waals surface area contributed by atoms with Crippen LogP contribution in [0.1, 0.15) is 17.1 Å². The predicted octanol–water partition coefficient (Wildman–Crippen LogP) is 1.41. The van der Waals surface area contributed by atoms with Crippen LogP contribution in [0, 0.1) is 6.92 Å². The zero-order valence-electron chi connectivity index (χ0n) is 10.6. The number of aromatic nitrogens is 2. The first-order chi connectivity index (χ1) is 9.15. The van der Waals surface area contributed by atoms with Crippen LogP contribution in [-0.4, -0.2) is 15.9 Å². The first-order valence-electron chi connectivity index (χ1n) is 6.13. The average molecular weight is 254 g/mol. The molecule has 1 aliphatic rings. The maximum Gasteiger partial charge on any atom is 0.228 e. The average Bonchev–Trinajstić information content (AvgIpc) is 2.76. The largest absolute Gasteiger partial charge is 0.326 e. The Kier molecular flexibility index (Phi) is 2.76. The van der Waals surface area contributed by atoms with Gasteiger partial charge in [-0.05, 0) is 30.7 Å². The Bertz CT molecular complexity index is 666. The molecule has 1 amide bonds. The number of rotatable bonds is 2. The summed E-state index contributed by atoms with van der Waals surface area (Å²) in [6, 6.07) is 7.78. The van der Waals surface area contributed by atoms with E-state index in [2.05, 4.69) is 15.3 Å². The first-order valence-corrected chi connectivity index (χ1v) is 6.13. The highest BCUT2D eigenvalue weighted by Gasteiger charge is 2.18. The minimum Gasteiger partial charge on any atom is -0.326 e. The molecule has 0 bridgehead atoms. The van der Waals surface area contributed by atoms with Crippen LogP contribution in [0.25, 0.3) is 11.3 Å². The number of nitrogens with one attached hydrogen (secondary N) is 1. The van der Waals surface area contributed by atoms with Crippen molar-refractivity contribution in [2.75, 3.05) is 5.32 Å². The zero-order valence-corrected chi connectivity index (χ0v) is 10.6. The van der Waals surface area contributed by atoms with Gasteiger partial charge in [-0.1, -0.05) is 6.07 Å². The second-order valence-electron chi connectivity index (χ2n) is 4.61. The summed E-state index contributed by atoms with van der Waals surface area (Å²) in [6.07, 6.45) is 0.428. The Balaban J connectivity index is 2.06. The molecule has 0 fully saturated rings. The number of carbonyl (C=O) groups is 1. The van der Waals surface area contributed by atoms with E-state index < -0.39 is 0 Å². The highest BCUT2D eigenvalue weighted by Crippen LogP contribution is 2.28. The third kappa shape index (κ3) is 2.20. The molecule has 0 unspecified atom stereocenters. The lowest BCUT2D eigenvalue weighted by atomic mass is 10.1. The molecule has 3 rings (SSSR count). The molecule has 0 radical (unpaired) electrons. The normalized spacial score (nSPS) is 13.3. The maximum atomic E-state index is 11.3. The van der Waals surface area contributed by atoms with E-state index in [1.807, 2.05) is 31.2 Å². The fourth-order valence-electron chi connectivity index (χ4n) is 2.26. The number of aryl methyl sites for hydroxylation is 1. The number of benzene rings is 1. The van der Waals surface area contributed by atoms with Gasteiger partial charge in [0.2, 0.25) is 5.91 Å². The molecule has 19 heavy (non-hydrogen) atoms. The van der Waals surface area contributed by atoms with Crippen molar-refractivity contribution in [3.05, 3.63) is 41.3 Å². The Labute approximate surface area is 110 Å². The molecule has 0 saturated heterocycles. The van der Waals surface area contributed by atoms with Crippen molar-refractivity contribution in [2.45, 2.75) is 19.9 Å². The third-order valence-electron chi connectivity index (χ3n) is 3.11. The molecule has 1 aliphatic heterocycles. The Hall–Kier alpha value is -2.27. The predicted molar refractivity (Wildman–Crippen MR) is 72.4 cm³/mol. The van der Waals surface area contributed by atoms with Crippen molar-refractivity contribution in [3.63, 3.8) is 0 Å². The number of anilines is 1.